The molecule has 0 saturated carbocycles. The van der Waals surface area contributed by atoms with Gasteiger partial charge in [-0.1, -0.05) is 12.1 Å². The predicted octanol–water partition coefficient (Wildman–Crippen LogP) is 0.618. The molecule has 17 heavy (non-hydrogen) atoms. The van der Waals surface area contributed by atoms with E-state index in [9.17, 15) is 14.9 Å². The molecule has 0 aliphatic carbocycles. The van der Waals surface area contributed by atoms with E-state index in [1.54, 1.807) is 6.07 Å². The number of para-hydroxylation sites is 1. The van der Waals surface area contributed by atoms with Crippen molar-refractivity contribution in [2.45, 2.75) is 0 Å². The van der Waals surface area contributed by atoms with Crippen molar-refractivity contribution in [1.82, 2.24) is 5.32 Å². The number of nitro benzene ring substituents is 1. The number of nitrogens with one attached hydrogen (secondary N) is 2. The van der Waals surface area contributed by atoms with Crippen molar-refractivity contribution in [2.75, 3.05) is 0 Å². The van der Waals surface area contributed by atoms with E-state index < -0.39 is 16.8 Å². The molecule has 4 N–H and O–H groups in total. The summed E-state index contributed by atoms with van der Waals surface area (Å²) in [4.78, 5) is 21.2. The van der Waals surface area contributed by atoms with Crippen LogP contribution in [0.2, 0.25) is 0 Å². The van der Waals surface area contributed by atoms with Gasteiger partial charge in [0.05, 0.1) is 10.5 Å². The average Bonchev–Trinajstić information content (AvgIpc) is 2.25. The highest BCUT2D eigenvalue weighted by Crippen LogP contribution is 2.18. The van der Waals surface area contributed by atoms with E-state index >= 15 is 0 Å². The molecule has 0 aliphatic heterocycles. The van der Waals surface area contributed by atoms with Crippen molar-refractivity contribution in [2.24, 2.45) is 5.73 Å². The molecule has 1 aromatic carbocycles. The van der Waals surface area contributed by atoms with Gasteiger partial charge in [0.1, 0.15) is 0 Å². The lowest BCUT2D eigenvalue weighted by atomic mass is 10.1. The fourth-order valence-corrected chi connectivity index (χ4v) is 1.13. The van der Waals surface area contributed by atoms with Gasteiger partial charge in [-0.2, -0.15) is 0 Å². The number of carbonyl (C=O) groups is 1. The normalized spacial score (nSPS) is 10.1. The smallest absolute Gasteiger partial charge is 0.276 e. The van der Waals surface area contributed by atoms with Crippen LogP contribution in [0, 0.1) is 15.5 Å². The van der Waals surface area contributed by atoms with Crippen LogP contribution >= 0.6 is 0 Å². The Labute approximate surface area is 96.6 Å². The quantitative estimate of drug-likeness (QED) is 0.233. The molecular formula is C10H10N4O3. The lowest BCUT2D eigenvalue weighted by Gasteiger charge is -1.98. The Bertz CT molecular complexity index is 496. The van der Waals surface area contributed by atoms with E-state index in [1.807, 2.05) is 5.32 Å². The Morgan fingerprint density at radius 2 is 2.12 bits per heavy atom. The third-order valence-corrected chi connectivity index (χ3v) is 1.81. The maximum atomic E-state index is 11.1. The Kier molecular flexibility index (Phi) is 3.93. The molecule has 7 nitrogen and oxygen atoms in total. The molecule has 88 valence electrons. The maximum Gasteiger partial charge on any atom is 0.276 e. The number of amides is 1. The second kappa shape index (κ2) is 5.40. The zero-order valence-electron chi connectivity index (χ0n) is 8.71. The minimum atomic E-state index is -0.615. The number of benzene rings is 1. The fourth-order valence-electron chi connectivity index (χ4n) is 1.13. The topological polar surface area (TPSA) is 122 Å². The second-order valence-electron chi connectivity index (χ2n) is 3.05. The van der Waals surface area contributed by atoms with Gasteiger partial charge < -0.3 is 5.73 Å². The summed E-state index contributed by atoms with van der Waals surface area (Å²) in [7, 11) is 0. The molecule has 0 spiro atoms. The molecule has 0 unspecified atom stereocenters. The summed E-state index contributed by atoms with van der Waals surface area (Å²) in [5.41, 5.74) is 5.15. The molecule has 0 aliphatic rings. The monoisotopic (exact) mass is 234 g/mol. The van der Waals surface area contributed by atoms with Crippen molar-refractivity contribution in [3.8, 4) is 0 Å². The van der Waals surface area contributed by atoms with Gasteiger partial charge in [0.25, 0.3) is 11.6 Å². The summed E-state index contributed by atoms with van der Waals surface area (Å²) < 4.78 is 0. The first-order valence-electron chi connectivity index (χ1n) is 4.57. The fraction of sp³-hybridized carbons (Fsp3) is 0. The molecule has 7 heteroatoms. The van der Waals surface area contributed by atoms with Gasteiger partial charge in [-0.15, -0.1) is 0 Å². The Morgan fingerprint density at radius 3 is 2.71 bits per heavy atom. The number of carbonyl (C=O) groups excluding carboxylic acids is 1. The summed E-state index contributed by atoms with van der Waals surface area (Å²) in [6.45, 7) is 0. The van der Waals surface area contributed by atoms with Crippen molar-refractivity contribution in [3.63, 3.8) is 0 Å². The number of rotatable bonds is 3. The molecule has 1 amide bonds. The van der Waals surface area contributed by atoms with Crippen LogP contribution in [0.1, 0.15) is 5.56 Å². The van der Waals surface area contributed by atoms with E-state index in [0.29, 0.717) is 5.56 Å². The minimum absolute atomic E-state index is 0.0978. The van der Waals surface area contributed by atoms with Crippen LogP contribution in [0.15, 0.2) is 30.3 Å². The minimum Gasteiger partial charge on any atom is -0.370 e. The summed E-state index contributed by atoms with van der Waals surface area (Å²) in [5, 5.41) is 19.5. The largest absolute Gasteiger partial charge is 0.370 e. The van der Waals surface area contributed by atoms with E-state index in [4.69, 9.17) is 11.1 Å². The van der Waals surface area contributed by atoms with Crippen LogP contribution in [-0.4, -0.2) is 16.8 Å². The summed E-state index contributed by atoms with van der Waals surface area (Å²) >= 11 is 0. The first-order chi connectivity index (χ1) is 8.00. The number of hydrogen-bond donors (Lipinski definition) is 3. The van der Waals surface area contributed by atoms with Crippen molar-refractivity contribution in [3.05, 3.63) is 46.0 Å². The van der Waals surface area contributed by atoms with Gasteiger partial charge >= 0.3 is 0 Å². The molecule has 0 saturated heterocycles. The maximum absolute atomic E-state index is 11.1. The van der Waals surface area contributed by atoms with E-state index in [1.165, 1.54) is 24.3 Å². The first-order valence-corrected chi connectivity index (χ1v) is 4.57. The molecular weight excluding hydrogens is 224 g/mol. The number of hydrogen-bond acceptors (Lipinski definition) is 4. The van der Waals surface area contributed by atoms with Crippen LogP contribution < -0.4 is 11.1 Å². The van der Waals surface area contributed by atoms with Crippen molar-refractivity contribution >= 4 is 23.6 Å². The molecule has 0 aromatic heterocycles. The molecule has 0 fully saturated rings. The summed E-state index contributed by atoms with van der Waals surface area (Å²) in [5.74, 6) is -1.10. The number of guanidine groups is 1. The van der Waals surface area contributed by atoms with Crippen molar-refractivity contribution < 1.29 is 9.72 Å². The predicted molar refractivity (Wildman–Crippen MR) is 62.2 cm³/mol. The lowest BCUT2D eigenvalue weighted by Crippen LogP contribution is -2.34. The van der Waals surface area contributed by atoms with Crippen LogP contribution in [0.4, 0.5) is 5.69 Å². The summed E-state index contributed by atoms with van der Waals surface area (Å²) in [6, 6.07) is 6.00. The van der Waals surface area contributed by atoms with Gasteiger partial charge in [-0.25, -0.2) is 0 Å². The number of nitro groups is 1. The lowest BCUT2D eigenvalue weighted by molar-refractivity contribution is -0.385. The molecule has 0 atom stereocenters. The molecule has 1 aromatic rings. The summed E-state index contributed by atoms with van der Waals surface area (Å²) in [6.07, 6.45) is 2.36. The average molecular weight is 234 g/mol. The van der Waals surface area contributed by atoms with E-state index in [0.717, 1.165) is 6.08 Å². The highest BCUT2D eigenvalue weighted by Gasteiger charge is 2.09. The van der Waals surface area contributed by atoms with Gasteiger partial charge in [0.2, 0.25) is 0 Å². The van der Waals surface area contributed by atoms with Crippen LogP contribution in [0.3, 0.4) is 0 Å². The molecule has 0 radical (unpaired) electrons. The SMILES string of the molecule is N=C(N)NC(=O)/C=C/c1ccccc1[N+](=O)[O-]. The molecule has 0 bridgehead atoms. The Morgan fingerprint density at radius 1 is 1.47 bits per heavy atom. The van der Waals surface area contributed by atoms with Gasteiger partial charge in [0, 0.05) is 12.1 Å². The van der Waals surface area contributed by atoms with Gasteiger partial charge in [-0.3, -0.25) is 25.6 Å². The highest BCUT2D eigenvalue weighted by molar-refractivity contribution is 6.02. The Balaban J connectivity index is 2.88. The first kappa shape index (κ1) is 12.4. The van der Waals surface area contributed by atoms with Crippen molar-refractivity contribution in [1.29, 1.82) is 5.41 Å². The number of nitrogens with zero attached hydrogens (tertiary/aromatic N) is 1. The third-order valence-electron chi connectivity index (χ3n) is 1.81. The Hall–Kier alpha value is -2.70. The van der Waals surface area contributed by atoms with Crippen LogP contribution in [0.5, 0.6) is 0 Å². The third kappa shape index (κ3) is 3.74. The van der Waals surface area contributed by atoms with Crippen LogP contribution in [0.25, 0.3) is 6.08 Å². The van der Waals surface area contributed by atoms with E-state index in [-0.39, 0.29) is 5.69 Å². The molecule has 0 heterocycles. The zero-order chi connectivity index (χ0) is 12.8. The van der Waals surface area contributed by atoms with Gasteiger partial charge in [0.15, 0.2) is 5.96 Å². The standard InChI is InChI=1S/C10H10N4O3/c11-10(12)13-9(15)6-5-7-3-1-2-4-8(7)14(16)17/h1-6H,(H4,11,12,13,15)/b6-5+. The second-order valence-corrected chi connectivity index (χ2v) is 3.05. The zero-order valence-corrected chi connectivity index (χ0v) is 8.71. The highest BCUT2D eigenvalue weighted by atomic mass is 16.6. The van der Waals surface area contributed by atoms with Gasteiger partial charge in [-0.05, 0) is 12.1 Å². The van der Waals surface area contributed by atoms with Crippen LogP contribution in [-0.2, 0) is 4.79 Å². The number of nitrogens with two attached hydrogens (primary N) is 1. The van der Waals surface area contributed by atoms with E-state index in [2.05, 4.69) is 0 Å². The molecule has 1 rings (SSSR count).